The number of carbonyl (C=O) groups is 1. The normalized spacial score (nSPS) is 18.0. The first-order valence-electron chi connectivity index (χ1n) is 8.84. The molecule has 0 aliphatic carbocycles. The molecule has 1 aliphatic heterocycles. The van der Waals surface area contributed by atoms with E-state index >= 15 is 0 Å². The van der Waals surface area contributed by atoms with Gasteiger partial charge in [0.1, 0.15) is 0 Å². The highest BCUT2D eigenvalue weighted by Crippen LogP contribution is 2.19. The number of ether oxygens (including phenoxy) is 1. The fraction of sp³-hybridized carbons (Fsp3) is 0.706. The topological polar surface area (TPSA) is 88.8 Å². The Labute approximate surface area is 163 Å². The van der Waals surface area contributed by atoms with Crippen LogP contribution < -0.4 is 0 Å². The van der Waals surface area contributed by atoms with Crippen molar-refractivity contribution in [1.29, 1.82) is 0 Å². The number of aliphatic carboxylic acids is 1. The lowest BCUT2D eigenvalue weighted by Crippen LogP contribution is -2.33. The second kappa shape index (κ2) is 10.8. The van der Waals surface area contributed by atoms with Crippen molar-refractivity contribution in [1.82, 2.24) is 9.47 Å². The van der Waals surface area contributed by atoms with Crippen LogP contribution in [0.4, 0.5) is 13.2 Å². The summed E-state index contributed by atoms with van der Waals surface area (Å²) in [6, 6.07) is 4.19. The van der Waals surface area contributed by atoms with Crippen LogP contribution in [-0.4, -0.2) is 73.4 Å². The van der Waals surface area contributed by atoms with Gasteiger partial charge in [-0.3, -0.25) is 4.90 Å². The van der Waals surface area contributed by atoms with Crippen LogP contribution in [0.2, 0.25) is 0 Å². The van der Waals surface area contributed by atoms with E-state index in [-0.39, 0.29) is 11.5 Å². The molecule has 0 spiro atoms. The maximum absolute atomic E-state index is 11.7. The average Bonchev–Trinajstić information content (AvgIpc) is 2.96. The van der Waals surface area contributed by atoms with Crippen molar-refractivity contribution >= 4 is 15.8 Å². The molecule has 0 amide bonds. The number of halogens is 3. The zero-order valence-electron chi connectivity index (χ0n) is 16.0. The second-order valence-electron chi connectivity index (χ2n) is 6.57. The Balaban J connectivity index is 0.000000480. The van der Waals surface area contributed by atoms with Gasteiger partial charge in [-0.05, 0) is 24.5 Å². The Kier molecular flexibility index (Phi) is 9.45. The number of rotatable bonds is 7. The quantitative estimate of drug-likeness (QED) is 0.715. The predicted molar refractivity (Wildman–Crippen MR) is 97.7 cm³/mol. The minimum Gasteiger partial charge on any atom is -0.475 e. The minimum atomic E-state index is -5.08. The maximum Gasteiger partial charge on any atom is 0.490 e. The van der Waals surface area contributed by atoms with Crippen LogP contribution in [0.15, 0.2) is 18.3 Å². The Hall–Kier alpha value is -1.59. The molecule has 1 unspecified atom stereocenters. The summed E-state index contributed by atoms with van der Waals surface area (Å²) in [6.07, 6.45) is -1.97. The zero-order valence-corrected chi connectivity index (χ0v) is 16.8. The molecule has 0 fully saturated rings. The highest BCUT2D eigenvalue weighted by Gasteiger charge is 2.38. The number of hydrogen-bond acceptors (Lipinski definition) is 5. The van der Waals surface area contributed by atoms with E-state index in [0.717, 1.165) is 32.7 Å². The molecular weight excluding hydrogens is 401 g/mol. The summed E-state index contributed by atoms with van der Waals surface area (Å²) in [7, 11) is -1.18. The SMILES string of the molecule is CCS(=O)(=O)CCN1Cc2cccn2CC(CCOC)C1.O=C(O)C(F)(F)F. The van der Waals surface area contributed by atoms with Crippen molar-refractivity contribution in [2.75, 3.05) is 38.3 Å². The van der Waals surface area contributed by atoms with Crippen LogP contribution in [0.5, 0.6) is 0 Å². The van der Waals surface area contributed by atoms with E-state index in [2.05, 4.69) is 27.8 Å². The molecule has 1 aromatic rings. The molecule has 0 aromatic carbocycles. The molecule has 0 radical (unpaired) electrons. The van der Waals surface area contributed by atoms with Crippen LogP contribution in [0.1, 0.15) is 19.0 Å². The largest absolute Gasteiger partial charge is 0.490 e. The van der Waals surface area contributed by atoms with Crippen LogP contribution in [0.25, 0.3) is 0 Å². The van der Waals surface area contributed by atoms with Gasteiger partial charge in [0.2, 0.25) is 0 Å². The molecule has 11 heteroatoms. The van der Waals surface area contributed by atoms with Gasteiger partial charge in [0.05, 0.1) is 5.75 Å². The van der Waals surface area contributed by atoms with E-state index in [0.29, 0.717) is 12.5 Å². The second-order valence-corrected chi connectivity index (χ2v) is 9.05. The Bertz CT molecular complexity index is 719. The van der Waals surface area contributed by atoms with Gasteiger partial charge < -0.3 is 14.4 Å². The van der Waals surface area contributed by atoms with E-state index in [9.17, 15) is 21.6 Å². The van der Waals surface area contributed by atoms with Crippen molar-refractivity contribution in [3.05, 3.63) is 24.0 Å². The summed E-state index contributed by atoms with van der Waals surface area (Å²) < 4.78 is 62.7. The Morgan fingerprint density at radius 1 is 1.36 bits per heavy atom. The molecule has 0 saturated carbocycles. The van der Waals surface area contributed by atoms with E-state index in [1.54, 1.807) is 14.0 Å². The highest BCUT2D eigenvalue weighted by molar-refractivity contribution is 7.91. The first kappa shape index (κ1) is 24.4. The molecule has 0 saturated heterocycles. The van der Waals surface area contributed by atoms with E-state index in [4.69, 9.17) is 14.6 Å². The van der Waals surface area contributed by atoms with Gasteiger partial charge in [-0.1, -0.05) is 6.92 Å². The number of aromatic nitrogens is 1. The number of alkyl halides is 3. The van der Waals surface area contributed by atoms with E-state index in [1.165, 1.54) is 5.69 Å². The van der Waals surface area contributed by atoms with E-state index in [1.807, 2.05) is 0 Å². The molecule has 2 heterocycles. The fourth-order valence-corrected chi connectivity index (χ4v) is 3.64. The van der Waals surface area contributed by atoms with E-state index < -0.39 is 22.0 Å². The van der Waals surface area contributed by atoms with Gasteiger partial charge in [-0.25, -0.2) is 13.2 Å². The van der Waals surface area contributed by atoms with Crippen molar-refractivity contribution in [2.24, 2.45) is 5.92 Å². The fourth-order valence-electron chi connectivity index (χ4n) is 2.82. The summed E-state index contributed by atoms with van der Waals surface area (Å²) in [5.41, 5.74) is 1.27. The Morgan fingerprint density at radius 3 is 2.54 bits per heavy atom. The highest BCUT2D eigenvalue weighted by atomic mass is 32.2. The number of sulfone groups is 1. The number of methoxy groups -OCH3 is 1. The lowest BCUT2D eigenvalue weighted by molar-refractivity contribution is -0.192. The first-order chi connectivity index (χ1) is 13.0. The summed E-state index contributed by atoms with van der Waals surface area (Å²) >= 11 is 0. The summed E-state index contributed by atoms with van der Waals surface area (Å²) in [4.78, 5) is 11.2. The van der Waals surface area contributed by atoms with Crippen molar-refractivity contribution < 1.29 is 36.2 Å². The van der Waals surface area contributed by atoms with Gasteiger partial charge >= 0.3 is 12.1 Å². The molecular formula is C17H27F3N2O5S. The van der Waals surface area contributed by atoms with Gasteiger partial charge in [0.25, 0.3) is 0 Å². The number of fused-ring (bicyclic) bond motifs is 1. The standard InChI is InChI=1S/C15H26N2O3S.C2HF3O2/c1-3-21(18,19)10-8-16-11-14(6-9-20-2)12-17-7-4-5-15(17)13-16;3-2(4,5)1(6)7/h4-5,7,14H,3,6,8-13H2,1-2H3;(H,6,7). The molecule has 162 valence electrons. The lowest BCUT2D eigenvalue weighted by atomic mass is 10.1. The third kappa shape index (κ3) is 8.61. The van der Waals surface area contributed by atoms with Crippen molar-refractivity contribution in [3.8, 4) is 0 Å². The monoisotopic (exact) mass is 428 g/mol. The van der Waals surface area contributed by atoms with Gasteiger partial charge in [-0.15, -0.1) is 0 Å². The first-order valence-corrected chi connectivity index (χ1v) is 10.7. The molecule has 0 bridgehead atoms. The summed E-state index contributed by atoms with van der Waals surface area (Å²) in [6.45, 7) is 5.83. The summed E-state index contributed by atoms with van der Waals surface area (Å²) in [5.74, 6) is -1.78. The number of nitrogens with zero attached hydrogens (tertiary/aromatic N) is 2. The van der Waals surface area contributed by atoms with Gasteiger partial charge in [0, 0.05) is 57.5 Å². The van der Waals surface area contributed by atoms with Crippen LogP contribution >= 0.6 is 0 Å². The molecule has 28 heavy (non-hydrogen) atoms. The van der Waals surface area contributed by atoms with Crippen LogP contribution in [0, 0.1) is 5.92 Å². The van der Waals surface area contributed by atoms with Crippen molar-refractivity contribution in [2.45, 2.75) is 32.6 Å². The average molecular weight is 428 g/mol. The molecule has 1 N–H and O–H groups in total. The van der Waals surface area contributed by atoms with Crippen LogP contribution in [0.3, 0.4) is 0 Å². The number of carboxylic acid groups (broad SMARTS) is 1. The Morgan fingerprint density at radius 2 is 2.00 bits per heavy atom. The third-order valence-corrected chi connectivity index (χ3v) is 6.10. The maximum atomic E-state index is 11.7. The number of hydrogen-bond donors (Lipinski definition) is 1. The zero-order chi connectivity index (χ0) is 21.4. The molecule has 1 aromatic heterocycles. The molecule has 7 nitrogen and oxygen atoms in total. The van der Waals surface area contributed by atoms with Gasteiger partial charge in [0.15, 0.2) is 9.84 Å². The van der Waals surface area contributed by atoms with Crippen molar-refractivity contribution in [3.63, 3.8) is 0 Å². The molecule has 2 rings (SSSR count). The lowest BCUT2D eigenvalue weighted by Gasteiger charge is -2.23. The summed E-state index contributed by atoms with van der Waals surface area (Å²) in [5, 5.41) is 7.12. The predicted octanol–water partition coefficient (Wildman–Crippen LogP) is 2.02. The molecule has 1 atom stereocenters. The van der Waals surface area contributed by atoms with Gasteiger partial charge in [-0.2, -0.15) is 13.2 Å². The minimum absolute atomic E-state index is 0.227. The molecule has 1 aliphatic rings. The van der Waals surface area contributed by atoms with Crippen LogP contribution in [-0.2, 0) is 32.5 Å². The smallest absolute Gasteiger partial charge is 0.475 e. The third-order valence-electron chi connectivity index (χ3n) is 4.41. The number of carboxylic acids is 1.